The number of hydrogen-bond donors (Lipinski definition) is 1. The predicted molar refractivity (Wildman–Crippen MR) is 150 cm³/mol. The van der Waals surface area contributed by atoms with E-state index in [1.807, 2.05) is 6.92 Å². The monoisotopic (exact) mass is 519 g/mol. The number of thioether (sulfide) groups is 1. The Morgan fingerprint density at radius 1 is 0.917 bits per heavy atom. The lowest BCUT2D eigenvalue weighted by atomic mass is 9.64. The summed E-state index contributed by atoms with van der Waals surface area (Å²) in [5, 5.41) is 3.43. The van der Waals surface area contributed by atoms with Crippen LogP contribution in [0.2, 0.25) is 0 Å². The van der Waals surface area contributed by atoms with Gasteiger partial charge in [0.05, 0.1) is 7.11 Å². The van der Waals surface area contributed by atoms with Gasteiger partial charge in [-0.15, -0.1) is 0 Å². The molecule has 2 aliphatic carbocycles. The molecule has 204 valence electrons. The highest BCUT2D eigenvalue weighted by Gasteiger charge is 2.41. The summed E-state index contributed by atoms with van der Waals surface area (Å²) in [6.07, 6.45) is 11.4. The number of hydrogen-bond acceptors (Lipinski definition) is 6. The van der Waals surface area contributed by atoms with Crippen molar-refractivity contribution in [2.45, 2.75) is 98.4 Å². The molecule has 2 rings (SSSR count). The SMILES string of the molecule is COC(=O)[C@H](CSC(C)CC(=O)C1C(C)C=CCC1(C)C)NC(C)CC(=O)C1C(C)C=CCC1(C)C. The zero-order valence-electron chi connectivity index (χ0n) is 23.9. The molecule has 5 nitrogen and oxygen atoms in total. The second-order valence-corrected chi connectivity index (χ2v) is 14.0. The zero-order valence-corrected chi connectivity index (χ0v) is 24.7. The molecule has 0 saturated carbocycles. The first-order valence-electron chi connectivity index (χ1n) is 13.5. The Hall–Kier alpha value is -1.40. The maximum atomic E-state index is 13.2. The number of carbonyl (C=O) groups is 3. The van der Waals surface area contributed by atoms with Crippen molar-refractivity contribution < 1.29 is 19.1 Å². The van der Waals surface area contributed by atoms with Crippen LogP contribution in [0.5, 0.6) is 0 Å². The van der Waals surface area contributed by atoms with Gasteiger partial charge < -0.3 is 10.1 Å². The zero-order chi connectivity index (χ0) is 27.3. The molecule has 0 bridgehead atoms. The lowest BCUT2D eigenvalue weighted by Gasteiger charge is -2.39. The summed E-state index contributed by atoms with van der Waals surface area (Å²) in [5.41, 5.74) is -0.0986. The number of ether oxygens (including phenoxy) is 1. The van der Waals surface area contributed by atoms with Crippen molar-refractivity contribution >= 4 is 29.3 Å². The molecule has 0 radical (unpaired) electrons. The second-order valence-electron chi connectivity index (χ2n) is 12.5. The van der Waals surface area contributed by atoms with Crippen molar-refractivity contribution in [3.8, 4) is 0 Å². The molecule has 0 spiro atoms. The van der Waals surface area contributed by atoms with Gasteiger partial charge in [0.15, 0.2) is 0 Å². The van der Waals surface area contributed by atoms with Crippen LogP contribution in [-0.2, 0) is 19.1 Å². The maximum Gasteiger partial charge on any atom is 0.323 e. The normalized spacial score (nSPS) is 29.2. The number of esters is 1. The summed E-state index contributed by atoms with van der Waals surface area (Å²) in [6.45, 7) is 16.9. The Morgan fingerprint density at radius 2 is 1.39 bits per heavy atom. The molecule has 0 amide bonds. The molecular weight excluding hydrogens is 470 g/mol. The van der Waals surface area contributed by atoms with E-state index < -0.39 is 6.04 Å². The number of ketones is 2. The summed E-state index contributed by atoms with van der Waals surface area (Å²) in [7, 11) is 1.39. The highest BCUT2D eigenvalue weighted by Crippen LogP contribution is 2.43. The minimum Gasteiger partial charge on any atom is -0.468 e. The molecular formula is C30H49NO4S. The second kappa shape index (κ2) is 12.9. The Kier molecular flexibility index (Phi) is 11.0. The van der Waals surface area contributed by atoms with E-state index >= 15 is 0 Å². The number of Topliss-reactive ketones (excluding diaryl/α,β-unsaturated/α-hetero) is 2. The molecule has 0 aliphatic heterocycles. The summed E-state index contributed by atoms with van der Waals surface area (Å²) < 4.78 is 5.05. The molecule has 0 fully saturated rings. The molecule has 7 atom stereocenters. The van der Waals surface area contributed by atoms with E-state index in [0.717, 1.165) is 12.8 Å². The van der Waals surface area contributed by atoms with E-state index in [1.54, 1.807) is 11.8 Å². The third kappa shape index (κ3) is 8.05. The first-order chi connectivity index (χ1) is 16.7. The first kappa shape index (κ1) is 30.8. The Balaban J connectivity index is 1.94. The standard InChI is InChI=1S/C30H49NO4S/c1-19-12-10-14-29(5,6)26(19)24(32)16-21(3)31-23(28(34)35-9)18-36-22(4)17-25(33)27-20(2)13-11-15-30(27,7)8/h10-13,19-23,26-27,31H,14-18H2,1-9H3/t19?,20?,21?,22?,23-,26?,27?/m0/s1. The lowest BCUT2D eigenvalue weighted by Crippen LogP contribution is -2.47. The largest absolute Gasteiger partial charge is 0.468 e. The average Bonchev–Trinajstić information content (AvgIpc) is 2.74. The quantitative estimate of drug-likeness (QED) is 0.251. The Morgan fingerprint density at radius 3 is 1.83 bits per heavy atom. The van der Waals surface area contributed by atoms with E-state index in [9.17, 15) is 14.4 Å². The van der Waals surface area contributed by atoms with Gasteiger partial charge in [-0.3, -0.25) is 14.4 Å². The molecule has 6 heteroatoms. The third-order valence-electron chi connectivity index (χ3n) is 8.11. The summed E-state index contributed by atoms with van der Waals surface area (Å²) in [6, 6.07) is -0.672. The summed E-state index contributed by atoms with van der Waals surface area (Å²) >= 11 is 1.61. The topological polar surface area (TPSA) is 72.5 Å². The van der Waals surface area contributed by atoms with Gasteiger partial charge in [0.25, 0.3) is 0 Å². The molecule has 2 aliphatic rings. The van der Waals surface area contributed by atoms with E-state index in [2.05, 4.69) is 78.1 Å². The molecule has 0 heterocycles. The first-order valence-corrected chi connectivity index (χ1v) is 14.6. The molecule has 0 aromatic heterocycles. The van der Waals surface area contributed by atoms with E-state index in [4.69, 9.17) is 4.74 Å². The molecule has 0 aromatic carbocycles. The fourth-order valence-corrected chi connectivity index (χ4v) is 7.45. The lowest BCUT2D eigenvalue weighted by molar-refractivity contribution is -0.143. The van der Waals surface area contributed by atoms with E-state index in [0.29, 0.717) is 24.4 Å². The smallest absolute Gasteiger partial charge is 0.323 e. The minimum absolute atomic E-state index is 0.0207. The minimum atomic E-state index is -0.523. The van der Waals surface area contributed by atoms with Crippen LogP contribution in [0.15, 0.2) is 24.3 Å². The van der Waals surface area contributed by atoms with Crippen LogP contribution >= 0.6 is 11.8 Å². The van der Waals surface area contributed by atoms with Crippen molar-refractivity contribution in [1.29, 1.82) is 0 Å². The number of nitrogens with one attached hydrogen (secondary N) is 1. The summed E-state index contributed by atoms with van der Waals surface area (Å²) in [5.74, 6) is 1.16. The van der Waals surface area contributed by atoms with Gasteiger partial charge >= 0.3 is 5.97 Å². The number of rotatable bonds is 12. The fraction of sp³-hybridized carbons (Fsp3) is 0.767. The van der Waals surface area contributed by atoms with Crippen LogP contribution in [0.4, 0.5) is 0 Å². The van der Waals surface area contributed by atoms with Gasteiger partial charge in [0, 0.05) is 41.7 Å². The van der Waals surface area contributed by atoms with Crippen molar-refractivity contribution in [3.63, 3.8) is 0 Å². The van der Waals surface area contributed by atoms with Crippen molar-refractivity contribution in [2.75, 3.05) is 12.9 Å². The highest BCUT2D eigenvalue weighted by atomic mass is 32.2. The van der Waals surface area contributed by atoms with Crippen LogP contribution in [0, 0.1) is 34.5 Å². The van der Waals surface area contributed by atoms with Gasteiger partial charge in [0.1, 0.15) is 17.6 Å². The van der Waals surface area contributed by atoms with Crippen LogP contribution in [0.3, 0.4) is 0 Å². The van der Waals surface area contributed by atoms with Crippen molar-refractivity contribution in [2.24, 2.45) is 34.5 Å². The van der Waals surface area contributed by atoms with Gasteiger partial charge in [-0.2, -0.15) is 11.8 Å². The fourth-order valence-electron chi connectivity index (χ4n) is 6.42. The number of carbonyl (C=O) groups excluding carboxylic acids is 3. The van der Waals surface area contributed by atoms with Crippen LogP contribution in [0.1, 0.15) is 81.1 Å². The molecule has 1 N–H and O–H groups in total. The van der Waals surface area contributed by atoms with Gasteiger partial charge in [0.2, 0.25) is 0 Å². The molecule has 0 aromatic rings. The van der Waals surface area contributed by atoms with E-state index in [-0.39, 0.29) is 57.5 Å². The van der Waals surface area contributed by atoms with Gasteiger partial charge in [-0.25, -0.2) is 0 Å². The van der Waals surface area contributed by atoms with Crippen molar-refractivity contribution in [1.82, 2.24) is 5.32 Å². The highest BCUT2D eigenvalue weighted by molar-refractivity contribution is 7.99. The average molecular weight is 520 g/mol. The third-order valence-corrected chi connectivity index (χ3v) is 9.37. The van der Waals surface area contributed by atoms with Crippen LogP contribution in [0.25, 0.3) is 0 Å². The van der Waals surface area contributed by atoms with Crippen LogP contribution in [-0.4, -0.2) is 47.7 Å². The maximum absolute atomic E-state index is 13.2. The Bertz CT molecular complexity index is 846. The van der Waals surface area contributed by atoms with Crippen LogP contribution < -0.4 is 5.32 Å². The molecule has 6 unspecified atom stereocenters. The van der Waals surface area contributed by atoms with Gasteiger partial charge in [-0.1, -0.05) is 72.8 Å². The molecule has 36 heavy (non-hydrogen) atoms. The Labute approximate surface area is 223 Å². The van der Waals surface area contributed by atoms with Crippen molar-refractivity contribution in [3.05, 3.63) is 24.3 Å². The number of allylic oxidation sites excluding steroid dienone is 4. The predicted octanol–water partition coefficient (Wildman–Crippen LogP) is 6.02. The molecule has 0 saturated heterocycles. The van der Waals surface area contributed by atoms with E-state index in [1.165, 1.54) is 7.11 Å². The van der Waals surface area contributed by atoms with Gasteiger partial charge in [-0.05, 0) is 42.4 Å². The number of methoxy groups -OCH3 is 1. The summed E-state index contributed by atoms with van der Waals surface area (Å²) in [4.78, 5) is 39.0.